The highest BCUT2D eigenvalue weighted by Gasteiger charge is 2.25. The van der Waals surface area contributed by atoms with E-state index in [1.165, 1.54) is 6.92 Å². The van der Waals surface area contributed by atoms with Crippen molar-refractivity contribution in [2.45, 2.75) is 47.6 Å². The maximum absolute atomic E-state index is 12.8. The number of hydrogen-bond acceptors (Lipinski definition) is 3. The third kappa shape index (κ3) is 5.00. The molecule has 1 aliphatic rings. The average molecular weight is 370 g/mol. The first-order valence-corrected chi connectivity index (χ1v) is 9.58. The number of carbonyl (C=O) groups is 2. The van der Waals surface area contributed by atoms with Gasteiger partial charge in [-0.1, -0.05) is 13.8 Å². The zero-order valence-corrected chi connectivity index (χ0v) is 17.1. The van der Waals surface area contributed by atoms with Crippen LogP contribution in [0.1, 0.15) is 44.1 Å². The van der Waals surface area contributed by atoms with Gasteiger partial charge in [-0.2, -0.15) is 5.26 Å². The van der Waals surface area contributed by atoms with E-state index >= 15 is 0 Å². The lowest BCUT2D eigenvalue weighted by atomic mass is 10.1. The van der Waals surface area contributed by atoms with Crippen LogP contribution in [0, 0.1) is 31.1 Å². The molecule has 0 unspecified atom stereocenters. The molecule has 1 aromatic heterocycles. The average Bonchev–Trinajstić information content (AvgIpc) is 2.90. The molecule has 6 nitrogen and oxygen atoms in total. The van der Waals surface area contributed by atoms with Crippen LogP contribution >= 0.6 is 0 Å². The van der Waals surface area contributed by atoms with Gasteiger partial charge in [-0.15, -0.1) is 0 Å². The zero-order valence-electron chi connectivity index (χ0n) is 17.1. The number of aryl methyl sites for hydroxylation is 1. The maximum atomic E-state index is 12.8. The minimum absolute atomic E-state index is 0.0204. The lowest BCUT2D eigenvalue weighted by Gasteiger charge is -2.34. The second kappa shape index (κ2) is 8.90. The van der Waals surface area contributed by atoms with Crippen molar-refractivity contribution >= 4 is 17.9 Å². The van der Waals surface area contributed by atoms with Crippen LogP contribution in [-0.2, 0) is 16.1 Å². The van der Waals surface area contributed by atoms with Crippen molar-refractivity contribution in [3.63, 3.8) is 0 Å². The topological polar surface area (TPSA) is 69.3 Å². The Kier molecular flexibility index (Phi) is 6.84. The normalized spacial score (nSPS) is 15.2. The molecule has 0 aromatic carbocycles. The molecule has 1 saturated heterocycles. The van der Waals surface area contributed by atoms with Crippen LogP contribution in [0.4, 0.5) is 0 Å². The first-order chi connectivity index (χ1) is 12.7. The first kappa shape index (κ1) is 20.8. The molecule has 1 aromatic rings. The van der Waals surface area contributed by atoms with Crippen LogP contribution in [-0.4, -0.2) is 52.4 Å². The van der Waals surface area contributed by atoms with Crippen molar-refractivity contribution in [3.05, 3.63) is 28.6 Å². The fraction of sp³-hybridized carbons (Fsp3) is 0.571. The zero-order chi connectivity index (χ0) is 20.1. The Balaban J connectivity index is 2.16. The monoisotopic (exact) mass is 370 g/mol. The number of hydrogen-bond donors (Lipinski definition) is 0. The van der Waals surface area contributed by atoms with Crippen molar-refractivity contribution in [1.29, 1.82) is 5.26 Å². The van der Waals surface area contributed by atoms with Gasteiger partial charge in [0.25, 0.3) is 5.91 Å². The van der Waals surface area contributed by atoms with E-state index in [1.54, 1.807) is 15.9 Å². The van der Waals surface area contributed by atoms with Crippen molar-refractivity contribution < 1.29 is 9.59 Å². The van der Waals surface area contributed by atoms with Gasteiger partial charge >= 0.3 is 0 Å². The summed E-state index contributed by atoms with van der Waals surface area (Å²) in [5, 5.41) is 9.53. The lowest BCUT2D eigenvalue weighted by molar-refractivity contribution is -0.135. The Morgan fingerprint density at radius 1 is 1.19 bits per heavy atom. The number of aromatic nitrogens is 1. The third-order valence-electron chi connectivity index (χ3n) is 5.21. The van der Waals surface area contributed by atoms with Crippen molar-refractivity contribution in [2.24, 2.45) is 5.92 Å². The molecule has 0 atom stereocenters. The van der Waals surface area contributed by atoms with Gasteiger partial charge in [0.2, 0.25) is 5.91 Å². The minimum atomic E-state index is -0.257. The molecule has 0 N–H and O–H groups in total. The van der Waals surface area contributed by atoms with Gasteiger partial charge in [-0.25, -0.2) is 0 Å². The van der Waals surface area contributed by atoms with Gasteiger partial charge in [0, 0.05) is 51.0 Å². The van der Waals surface area contributed by atoms with Gasteiger partial charge in [0.05, 0.1) is 0 Å². The second-order valence-corrected chi connectivity index (χ2v) is 7.63. The van der Waals surface area contributed by atoms with Crippen LogP contribution in [0.25, 0.3) is 6.08 Å². The lowest BCUT2D eigenvalue weighted by Crippen LogP contribution is -2.50. The van der Waals surface area contributed by atoms with Crippen LogP contribution in [0.5, 0.6) is 0 Å². The number of amides is 2. The molecule has 6 heteroatoms. The maximum Gasteiger partial charge on any atom is 0.264 e. The summed E-state index contributed by atoms with van der Waals surface area (Å²) in [7, 11) is 0. The molecule has 0 spiro atoms. The standard InChI is InChI=1S/C21H30N4O2/c1-15(2)6-7-25-16(3)12-19(17(25)4)13-20(14-22)21(27)24-10-8-23(9-11-24)18(5)26/h12-13,15H,6-11H2,1-5H3. The van der Waals surface area contributed by atoms with E-state index in [0.29, 0.717) is 32.1 Å². The largest absolute Gasteiger partial charge is 0.349 e. The number of nitrogens with zero attached hydrogens (tertiary/aromatic N) is 4. The summed E-state index contributed by atoms with van der Waals surface area (Å²) in [5.74, 6) is 0.384. The third-order valence-corrected chi connectivity index (χ3v) is 5.21. The Bertz CT molecular complexity index is 775. The van der Waals surface area contributed by atoms with E-state index in [9.17, 15) is 14.9 Å². The molecule has 0 radical (unpaired) electrons. The van der Waals surface area contributed by atoms with E-state index < -0.39 is 0 Å². The number of piperazine rings is 1. The van der Waals surface area contributed by atoms with Crippen molar-refractivity contribution in [1.82, 2.24) is 14.4 Å². The molecule has 27 heavy (non-hydrogen) atoms. The van der Waals surface area contributed by atoms with Crippen LogP contribution in [0.15, 0.2) is 11.6 Å². The molecular weight excluding hydrogens is 340 g/mol. The Labute approximate surface area is 162 Å². The molecule has 0 bridgehead atoms. The Morgan fingerprint density at radius 2 is 1.78 bits per heavy atom. The fourth-order valence-electron chi connectivity index (χ4n) is 3.40. The molecule has 1 aliphatic heterocycles. The molecule has 2 rings (SSSR count). The van der Waals surface area contributed by atoms with Gasteiger partial charge in [0.1, 0.15) is 11.6 Å². The number of rotatable bonds is 5. The van der Waals surface area contributed by atoms with Crippen LogP contribution < -0.4 is 0 Å². The summed E-state index contributed by atoms with van der Waals surface area (Å²) in [4.78, 5) is 27.6. The summed E-state index contributed by atoms with van der Waals surface area (Å²) >= 11 is 0. The van der Waals surface area contributed by atoms with Gasteiger partial charge in [-0.05, 0) is 43.9 Å². The highest BCUT2D eigenvalue weighted by molar-refractivity contribution is 6.02. The molecule has 1 fully saturated rings. The highest BCUT2D eigenvalue weighted by Crippen LogP contribution is 2.20. The van der Waals surface area contributed by atoms with Gasteiger partial charge in [-0.3, -0.25) is 9.59 Å². The molecule has 2 heterocycles. The van der Waals surface area contributed by atoms with Crippen molar-refractivity contribution in [3.8, 4) is 6.07 Å². The molecular formula is C21H30N4O2. The van der Waals surface area contributed by atoms with E-state index in [1.807, 2.05) is 13.0 Å². The number of carbonyl (C=O) groups excluding carboxylic acids is 2. The van der Waals surface area contributed by atoms with Crippen LogP contribution in [0.2, 0.25) is 0 Å². The Morgan fingerprint density at radius 3 is 2.30 bits per heavy atom. The molecule has 2 amide bonds. The SMILES string of the molecule is CC(=O)N1CCN(C(=O)C(C#N)=Cc2cc(C)n(CCC(C)C)c2C)CC1. The van der Waals surface area contributed by atoms with Gasteiger partial charge in [0.15, 0.2) is 0 Å². The quantitative estimate of drug-likeness (QED) is 0.591. The summed E-state index contributed by atoms with van der Waals surface area (Å²) in [6.07, 6.45) is 2.79. The first-order valence-electron chi connectivity index (χ1n) is 9.58. The molecule has 146 valence electrons. The predicted octanol–water partition coefficient (Wildman–Crippen LogP) is 2.75. The van der Waals surface area contributed by atoms with E-state index in [4.69, 9.17) is 0 Å². The summed E-state index contributed by atoms with van der Waals surface area (Å²) in [6, 6.07) is 4.10. The summed E-state index contributed by atoms with van der Waals surface area (Å²) in [5.41, 5.74) is 3.29. The van der Waals surface area contributed by atoms with E-state index in [-0.39, 0.29) is 17.4 Å². The Hall–Kier alpha value is -2.55. The fourth-order valence-corrected chi connectivity index (χ4v) is 3.40. The summed E-state index contributed by atoms with van der Waals surface area (Å²) in [6.45, 7) is 12.9. The van der Waals surface area contributed by atoms with Gasteiger partial charge < -0.3 is 14.4 Å². The van der Waals surface area contributed by atoms with Crippen molar-refractivity contribution in [2.75, 3.05) is 26.2 Å². The molecule has 0 saturated carbocycles. The van der Waals surface area contributed by atoms with E-state index in [0.717, 1.165) is 29.9 Å². The smallest absolute Gasteiger partial charge is 0.264 e. The predicted molar refractivity (Wildman–Crippen MR) is 106 cm³/mol. The molecule has 0 aliphatic carbocycles. The van der Waals surface area contributed by atoms with E-state index in [2.05, 4.69) is 31.4 Å². The minimum Gasteiger partial charge on any atom is -0.349 e. The van der Waals surface area contributed by atoms with Crippen LogP contribution in [0.3, 0.4) is 0 Å². The highest BCUT2D eigenvalue weighted by atomic mass is 16.2. The summed E-state index contributed by atoms with van der Waals surface area (Å²) < 4.78 is 2.25. The second-order valence-electron chi connectivity index (χ2n) is 7.63. The number of nitriles is 1.